The molecular formula is C27H20N2O2. The summed E-state index contributed by atoms with van der Waals surface area (Å²) in [5.74, 6) is -0.440. The smallest absolute Gasteiger partial charge is 0.357 e. The quantitative estimate of drug-likeness (QED) is 0.261. The van der Waals surface area contributed by atoms with Gasteiger partial charge < -0.3 is 4.74 Å². The van der Waals surface area contributed by atoms with E-state index in [0.29, 0.717) is 11.1 Å². The van der Waals surface area contributed by atoms with Gasteiger partial charge in [-0.1, -0.05) is 72.8 Å². The number of carbonyl (C=O) groups excluding carboxylic acids is 1. The van der Waals surface area contributed by atoms with Crippen LogP contribution in [0.4, 0.5) is 0 Å². The molecule has 3 aromatic carbocycles. The molecule has 0 aliphatic carbocycles. The Kier molecular flexibility index (Phi) is 4.89. The zero-order chi connectivity index (χ0) is 21.2. The number of fused-ring (bicyclic) bond motifs is 3. The summed E-state index contributed by atoms with van der Waals surface area (Å²) in [7, 11) is 0. The Labute approximate surface area is 180 Å². The molecule has 2 heterocycles. The first-order valence-electron chi connectivity index (χ1n) is 10.3. The van der Waals surface area contributed by atoms with Gasteiger partial charge in [0.15, 0.2) is 5.69 Å². The number of hydrogen-bond donors (Lipinski definition) is 0. The lowest BCUT2D eigenvalue weighted by atomic mass is 9.94. The topological polar surface area (TPSA) is 52.1 Å². The van der Waals surface area contributed by atoms with Gasteiger partial charge in [0, 0.05) is 22.5 Å². The fourth-order valence-corrected chi connectivity index (χ4v) is 4.02. The van der Waals surface area contributed by atoms with Crippen molar-refractivity contribution in [2.45, 2.75) is 6.92 Å². The summed E-state index contributed by atoms with van der Waals surface area (Å²) in [5.41, 5.74) is 4.86. The van der Waals surface area contributed by atoms with Gasteiger partial charge in [-0.15, -0.1) is 0 Å². The molecule has 0 amide bonds. The minimum absolute atomic E-state index is 0.283. The summed E-state index contributed by atoms with van der Waals surface area (Å²) in [6.07, 6.45) is 1.79. The molecular weight excluding hydrogens is 384 g/mol. The van der Waals surface area contributed by atoms with Crippen LogP contribution < -0.4 is 0 Å². The molecule has 5 rings (SSSR count). The molecule has 0 N–H and O–H groups in total. The second kappa shape index (κ2) is 8.00. The maximum Gasteiger partial charge on any atom is 0.357 e. The lowest BCUT2D eigenvalue weighted by molar-refractivity contribution is 0.0522. The van der Waals surface area contributed by atoms with Crippen molar-refractivity contribution in [2.75, 3.05) is 6.61 Å². The van der Waals surface area contributed by atoms with Crippen LogP contribution in [0.15, 0.2) is 91.1 Å². The minimum atomic E-state index is -0.440. The van der Waals surface area contributed by atoms with Crippen molar-refractivity contribution in [1.29, 1.82) is 0 Å². The number of hydrogen-bond acceptors (Lipinski definition) is 4. The van der Waals surface area contributed by atoms with Crippen LogP contribution in [-0.4, -0.2) is 22.5 Å². The molecule has 0 unspecified atom stereocenters. The lowest BCUT2D eigenvalue weighted by Gasteiger charge is -2.15. The Balaban J connectivity index is 1.94. The second-order valence-electron chi connectivity index (χ2n) is 7.19. The van der Waals surface area contributed by atoms with Crippen molar-refractivity contribution < 1.29 is 9.53 Å². The largest absolute Gasteiger partial charge is 0.461 e. The van der Waals surface area contributed by atoms with Gasteiger partial charge in [0.25, 0.3) is 0 Å². The molecule has 4 nitrogen and oxygen atoms in total. The van der Waals surface area contributed by atoms with Crippen LogP contribution in [0.1, 0.15) is 17.4 Å². The van der Waals surface area contributed by atoms with E-state index in [4.69, 9.17) is 9.72 Å². The number of pyridine rings is 2. The Morgan fingerprint density at radius 2 is 1.52 bits per heavy atom. The van der Waals surface area contributed by atoms with Gasteiger partial charge >= 0.3 is 5.97 Å². The first kappa shape index (κ1) is 18.9. The number of ether oxygens (including phenoxy) is 1. The molecule has 0 radical (unpaired) electrons. The Hall–Kier alpha value is -4.05. The van der Waals surface area contributed by atoms with E-state index >= 15 is 0 Å². The van der Waals surface area contributed by atoms with E-state index in [1.165, 1.54) is 0 Å². The van der Waals surface area contributed by atoms with Crippen LogP contribution in [0, 0.1) is 0 Å². The predicted octanol–water partition coefficient (Wildman–Crippen LogP) is 6.29. The molecule has 0 spiro atoms. The van der Waals surface area contributed by atoms with Gasteiger partial charge in [-0.3, -0.25) is 4.98 Å². The van der Waals surface area contributed by atoms with Crippen LogP contribution in [0.5, 0.6) is 0 Å². The van der Waals surface area contributed by atoms with Gasteiger partial charge in [-0.25, -0.2) is 9.78 Å². The average Bonchev–Trinajstić information content (AvgIpc) is 2.84. The molecule has 0 aliphatic rings. The molecule has 2 aromatic heterocycles. The highest BCUT2D eigenvalue weighted by atomic mass is 16.5. The Morgan fingerprint density at radius 1 is 0.806 bits per heavy atom. The minimum Gasteiger partial charge on any atom is -0.461 e. The highest BCUT2D eigenvalue weighted by molar-refractivity contribution is 6.20. The van der Waals surface area contributed by atoms with E-state index < -0.39 is 5.97 Å². The van der Waals surface area contributed by atoms with E-state index in [1.807, 2.05) is 66.7 Å². The Bertz CT molecular complexity index is 1400. The van der Waals surface area contributed by atoms with Crippen molar-refractivity contribution in [2.24, 2.45) is 0 Å². The fourth-order valence-electron chi connectivity index (χ4n) is 4.02. The molecule has 0 saturated carbocycles. The summed E-state index contributed by atoms with van der Waals surface area (Å²) in [5, 5.41) is 2.64. The fraction of sp³-hybridized carbons (Fsp3) is 0.0741. The maximum absolute atomic E-state index is 12.9. The zero-order valence-corrected chi connectivity index (χ0v) is 17.1. The van der Waals surface area contributed by atoms with Gasteiger partial charge in [0.1, 0.15) is 0 Å². The molecule has 150 valence electrons. The number of esters is 1. The third-order valence-electron chi connectivity index (χ3n) is 5.33. The summed E-state index contributed by atoms with van der Waals surface area (Å²) in [4.78, 5) is 22.3. The molecule has 4 heteroatoms. The molecule has 0 saturated heterocycles. The van der Waals surface area contributed by atoms with Crippen molar-refractivity contribution in [3.8, 4) is 22.4 Å². The van der Waals surface area contributed by atoms with E-state index in [1.54, 1.807) is 13.1 Å². The van der Waals surface area contributed by atoms with Crippen molar-refractivity contribution in [1.82, 2.24) is 9.97 Å². The van der Waals surface area contributed by atoms with E-state index in [0.717, 1.165) is 38.7 Å². The number of nitrogens with zero attached hydrogens (tertiary/aromatic N) is 2. The highest BCUT2D eigenvalue weighted by Gasteiger charge is 2.21. The van der Waals surface area contributed by atoms with E-state index in [2.05, 4.69) is 23.2 Å². The van der Waals surface area contributed by atoms with Crippen LogP contribution in [-0.2, 0) is 4.74 Å². The van der Waals surface area contributed by atoms with Gasteiger partial charge in [0.05, 0.1) is 17.8 Å². The maximum atomic E-state index is 12.9. The zero-order valence-electron chi connectivity index (χ0n) is 17.1. The normalized spacial score (nSPS) is 11.0. The number of benzene rings is 3. The van der Waals surface area contributed by atoms with Crippen LogP contribution in [0.2, 0.25) is 0 Å². The number of rotatable bonds is 4. The van der Waals surface area contributed by atoms with Crippen LogP contribution in [0.25, 0.3) is 44.1 Å². The molecule has 0 bridgehead atoms. The molecule has 0 aliphatic heterocycles. The van der Waals surface area contributed by atoms with Gasteiger partial charge in [0.2, 0.25) is 0 Å². The van der Waals surface area contributed by atoms with Crippen molar-refractivity contribution in [3.05, 3.63) is 96.8 Å². The number of aromatic nitrogens is 2. The molecule has 5 aromatic rings. The average molecular weight is 404 g/mol. The van der Waals surface area contributed by atoms with Crippen molar-refractivity contribution in [3.63, 3.8) is 0 Å². The third kappa shape index (κ3) is 3.32. The Morgan fingerprint density at radius 3 is 2.23 bits per heavy atom. The second-order valence-corrected chi connectivity index (χ2v) is 7.19. The lowest BCUT2D eigenvalue weighted by Crippen LogP contribution is -2.09. The van der Waals surface area contributed by atoms with E-state index in [9.17, 15) is 4.79 Å². The molecule has 31 heavy (non-hydrogen) atoms. The summed E-state index contributed by atoms with van der Waals surface area (Å²) < 4.78 is 5.36. The van der Waals surface area contributed by atoms with E-state index in [-0.39, 0.29) is 6.61 Å². The first-order chi connectivity index (χ1) is 15.3. The summed E-state index contributed by atoms with van der Waals surface area (Å²) in [6.45, 7) is 2.08. The number of carbonyl (C=O) groups is 1. The van der Waals surface area contributed by atoms with Crippen LogP contribution >= 0.6 is 0 Å². The summed E-state index contributed by atoms with van der Waals surface area (Å²) in [6, 6.07) is 28.0. The summed E-state index contributed by atoms with van der Waals surface area (Å²) >= 11 is 0. The van der Waals surface area contributed by atoms with Crippen LogP contribution in [0.3, 0.4) is 0 Å². The van der Waals surface area contributed by atoms with Gasteiger partial charge in [-0.2, -0.15) is 0 Å². The SMILES string of the molecule is CCOC(=O)c1nc2cccc(-c3ccccc3)c2c2ccnc(-c3ccccc3)c12. The monoisotopic (exact) mass is 404 g/mol. The predicted molar refractivity (Wildman–Crippen MR) is 124 cm³/mol. The molecule has 0 fully saturated rings. The highest BCUT2D eigenvalue weighted by Crippen LogP contribution is 2.38. The molecule has 0 atom stereocenters. The first-order valence-corrected chi connectivity index (χ1v) is 10.3. The standard InChI is InChI=1S/C27H20N2O2/c1-2-31-27(30)26-24-21(16-17-28-25(24)19-12-7-4-8-13-19)23-20(14-9-15-22(23)29-26)18-10-5-3-6-11-18/h3-17H,2H2,1H3. The van der Waals surface area contributed by atoms with Crippen molar-refractivity contribution >= 4 is 27.6 Å². The van der Waals surface area contributed by atoms with Gasteiger partial charge in [-0.05, 0) is 35.6 Å². The third-order valence-corrected chi connectivity index (χ3v) is 5.33.